The third-order valence-electron chi connectivity index (χ3n) is 4.15. The number of aryl methyl sites for hydroxylation is 1. The van der Waals surface area contributed by atoms with Crippen LogP contribution in [0.1, 0.15) is 33.9 Å². The summed E-state index contributed by atoms with van der Waals surface area (Å²) in [6, 6.07) is 10.6. The molecule has 2 heterocycles. The summed E-state index contributed by atoms with van der Waals surface area (Å²) in [6.45, 7) is 3.44. The summed E-state index contributed by atoms with van der Waals surface area (Å²) >= 11 is 2.16. The summed E-state index contributed by atoms with van der Waals surface area (Å²) in [5.74, 6) is -0.718. The van der Waals surface area contributed by atoms with Gasteiger partial charge < -0.3 is 15.8 Å². The Morgan fingerprint density at radius 1 is 1.35 bits per heavy atom. The molecule has 1 amide bonds. The van der Waals surface area contributed by atoms with E-state index in [2.05, 4.69) is 20.5 Å². The molecule has 160 valence electrons. The van der Waals surface area contributed by atoms with Crippen LogP contribution in [0.15, 0.2) is 35.5 Å². The van der Waals surface area contributed by atoms with Gasteiger partial charge >= 0.3 is 5.97 Å². The fourth-order valence-electron chi connectivity index (χ4n) is 2.60. The van der Waals surface area contributed by atoms with Crippen molar-refractivity contribution in [1.29, 1.82) is 5.26 Å². The minimum atomic E-state index is -0.756. The van der Waals surface area contributed by atoms with E-state index >= 15 is 0 Å². The standard InChI is InChI=1S/C19H19N7O3S2/c1-11-14(16(28)29-10-13-6-4-3-5-7-13)31-18(22-11)23-15(27)12(2)26-17(21)24-25-19(26)30-9-8-20/h3-7,12H,9-10H2,1-2H3,(H2,21,24)(H,22,23,27). The molecule has 2 aromatic heterocycles. The lowest BCUT2D eigenvalue weighted by atomic mass is 10.2. The summed E-state index contributed by atoms with van der Waals surface area (Å²) in [5, 5.41) is 19.7. The molecular weight excluding hydrogens is 438 g/mol. The highest BCUT2D eigenvalue weighted by Crippen LogP contribution is 2.27. The number of thiazole rings is 1. The summed E-state index contributed by atoms with van der Waals surface area (Å²) in [7, 11) is 0. The van der Waals surface area contributed by atoms with Crippen LogP contribution >= 0.6 is 23.1 Å². The van der Waals surface area contributed by atoms with Crippen LogP contribution in [0, 0.1) is 18.3 Å². The molecule has 0 aliphatic carbocycles. The van der Waals surface area contributed by atoms with E-state index in [4.69, 9.17) is 15.7 Å². The number of ether oxygens (including phenoxy) is 1. The highest BCUT2D eigenvalue weighted by molar-refractivity contribution is 7.99. The molecule has 1 atom stereocenters. The van der Waals surface area contributed by atoms with Gasteiger partial charge in [0.25, 0.3) is 0 Å². The van der Waals surface area contributed by atoms with Gasteiger partial charge in [0, 0.05) is 0 Å². The molecule has 0 saturated carbocycles. The van der Waals surface area contributed by atoms with Crippen LogP contribution in [0.5, 0.6) is 0 Å². The highest BCUT2D eigenvalue weighted by Gasteiger charge is 2.24. The van der Waals surface area contributed by atoms with Crippen LogP contribution in [0.2, 0.25) is 0 Å². The van der Waals surface area contributed by atoms with Crippen molar-refractivity contribution in [3.8, 4) is 6.07 Å². The quantitative estimate of drug-likeness (QED) is 0.384. The Morgan fingerprint density at radius 2 is 2.10 bits per heavy atom. The SMILES string of the molecule is Cc1nc(NC(=O)C(C)n2c(N)nnc2SCC#N)sc1C(=O)OCc1ccccc1. The molecule has 3 N–H and O–H groups in total. The molecule has 0 bridgehead atoms. The first-order valence-corrected chi connectivity index (χ1v) is 10.9. The fraction of sp³-hybridized carbons (Fsp3) is 0.263. The van der Waals surface area contributed by atoms with Crippen molar-refractivity contribution >= 4 is 46.1 Å². The number of carbonyl (C=O) groups excluding carboxylic acids is 2. The van der Waals surface area contributed by atoms with Crippen molar-refractivity contribution in [2.75, 3.05) is 16.8 Å². The Labute approximate surface area is 186 Å². The summed E-state index contributed by atoms with van der Waals surface area (Å²) < 4.78 is 6.78. The van der Waals surface area contributed by atoms with Crippen LogP contribution in [0.25, 0.3) is 0 Å². The van der Waals surface area contributed by atoms with Gasteiger partial charge in [-0.1, -0.05) is 53.4 Å². The molecule has 0 aliphatic rings. The minimum absolute atomic E-state index is 0.0589. The van der Waals surface area contributed by atoms with Crippen molar-refractivity contribution in [1.82, 2.24) is 19.7 Å². The molecule has 0 saturated heterocycles. The number of hydrogen-bond donors (Lipinski definition) is 2. The van der Waals surface area contributed by atoms with Gasteiger partial charge in [-0.2, -0.15) is 5.26 Å². The zero-order chi connectivity index (χ0) is 22.4. The lowest BCUT2D eigenvalue weighted by Crippen LogP contribution is -2.25. The number of nitrogen functional groups attached to an aromatic ring is 1. The Kier molecular flexibility index (Phi) is 7.22. The summed E-state index contributed by atoms with van der Waals surface area (Å²) in [4.78, 5) is 29.7. The topological polar surface area (TPSA) is 149 Å². The van der Waals surface area contributed by atoms with Crippen LogP contribution < -0.4 is 11.1 Å². The first kappa shape index (κ1) is 22.3. The number of aromatic nitrogens is 4. The Hall–Kier alpha value is -3.43. The average Bonchev–Trinajstić information content (AvgIpc) is 3.32. The number of amides is 1. The molecule has 1 aromatic carbocycles. The molecule has 3 aromatic rings. The molecule has 10 nitrogen and oxygen atoms in total. The maximum Gasteiger partial charge on any atom is 0.350 e. The monoisotopic (exact) mass is 457 g/mol. The second-order valence-corrected chi connectivity index (χ2v) is 8.26. The van der Waals surface area contributed by atoms with Crippen molar-refractivity contribution in [2.24, 2.45) is 0 Å². The van der Waals surface area contributed by atoms with E-state index in [-0.39, 0.29) is 23.4 Å². The summed E-state index contributed by atoms with van der Waals surface area (Å²) in [6.07, 6.45) is 0. The average molecular weight is 458 g/mol. The van der Waals surface area contributed by atoms with E-state index < -0.39 is 17.9 Å². The van der Waals surface area contributed by atoms with Crippen LogP contribution in [-0.4, -0.2) is 37.4 Å². The van der Waals surface area contributed by atoms with Gasteiger partial charge in [-0.25, -0.2) is 9.78 Å². The number of esters is 1. The molecule has 0 aliphatic heterocycles. The van der Waals surface area contributed by atoms with Crippen molar-refractivity contribution < 1.29 is 14.3 Å². The highest BCUT2D eigenvalue weighted by atomic mass is 32.2. The van der Waals surface area contributed by atoms with E-state index in [1.54, 1.807) is 13.8 Å². The first-order valence-electron chi connectivity index (χ1n) is 9.10. The summed E-state index contributed by atoms with van der Waals surface area (Å²) in [5.41, 5.74) is 7.16. The predicted molar refractivity (Wildman–Crippen MR) is 117 cm³/mol. The lowest BCUT2D eigenvalue weighted by molar-refractivity contribution is -0.118. The normalized spacial score (nSPS) is 11.5. The van der Waals surface area contributed by atoms with E-state index in [0.717, 1.165) is 28.7 Å². The lowest BCUT2D eigenvalue weighted by Gasteiger charge is -2.15. The number of benzene rings is 1. The molecule has 1 unspecified atom stereocenters. The van der Waals surface area contributed by atoms with Crippen molar-refractivity contribution in [3.63, 3.8) is 0 Å². The van der Waals surface area contributed by atoms with Gasteiger partial charge in [-0.05, 0) is 19.4 Å². The molecule has 0 spiro atoms. The Morgan fingerprint density at radius 3 is 2.81 bits per heavy atom. The smallest absolute Gasteiger partial charge is 0.350 e. The van der Waals surface area contributed by atoms with E-state index in [1.165, 1.54) is 4.57 Å². The number of anilines is 2. The van der Waals surface area contributed by atoms with Gasteiger partial charge in [0.05, 0.1) is 17.5 Å². The van der Waals surface area contributed by atoms with Gasteiger partial charge in [-0.15, -0.1) is 10.2 Å². The van der Waals surface area contributed by atoms with Crippen LogP contribution in [0.4, 0.5) is 11.1 Å². The molecule has 0 radical (unpaired) electrons. The number of nitriles is 1. The molecule has 0 fully saturated rings. The van der Waals surface area contributed by atoms with Gasteiger partial charge in [0.15, 0.2) is 10.3 Å². The largest absolute Gasteiger partial charge is 0.457 e. The van der Waals surface area contributed by atoms with E-state index in [0.29, 0.717) is 15.7 Å². The van der Waals surface area contributed by atoms with Gasteiger partial charge in [0.2, 0.25) is 11.9 Å². The number of hydrogen-bond acceptors (Lipinski definition) is 10. The number of rotatable bonds is 8. The van der Waals surface area contributed by atoms with Crippen molar-refractivity contribution in [2.45, 2.75) is 31.7 Å². The molecule has 3 rings (SSSR count). The van der Waals surface area contributed by atoms with E-state index in [9.17, 15) is 9.59 Å². The molecular formula is C19H19N7O3S2. The number of carbonyl (C=O) groups is 2. The fourth-order valence-corrected chi connectivity index (χ4v) is 4.15. The van der Waals surface area contributed by atoms with Crippen LogP contribution in [0.3, 0.4) is 0 Å². The molecule has 31 heavy (non-hydrogen) atoms. The predicted octanol–water partition coefficient (Wildman–Crippen LogP) is 2.80. The zero-order valence-electron chi connectivity index (χ0n) is 16.7. The van der Waals surface area contributed by atoms with Gasteiger partial charge in [0.1, 0.15) is 17.5 Å². The number of thioether (sulfide) groups is 1. The second kappa shape index (κ2) is 10.1. The maximum absolute atomic E-state index is 12.7. The van der Waals surface area contributed by atoms with Gasteiger partial charge in [-0.3, -0.25) is 9.36 Å². The second-order valence-electron chi connectivity index (χ2n) is 6.32. The minimum Gasteiger partial charge on any atom is -0.457 e. The van der Waals surface area contributed by atoms with E-state index in [1.807, 2.05) is 36.4 Å². The Balaban J connectivity index is 1.67. The number of nitrogens with one attached hydrogen (secondary N) is 1. The van der Waals surface area contributed by atoms with Crippen LogP contribution in [-0.2, 0) is 16.1 Å². The maximum atomic E-state index is 12.7. The number of nitrogens with two attached hydrogens (primary N) is 1. The zero-order valence-corrected chi connectivity index (χ0v) is 18.4. The third-order valence-corrected chi connectivity index (χ3v) is 6.01. The molecule has 12 heteroatoms. The first-order chi connectivity index (χ1) is 14.9. The Bertz CT molecular complexity index is 1120. The number of nitrogens with zero attached hydrogens (tertiary/aromatic N) is 5. The third kappa shape index (κ3) is 5.39. The van der Waals surface area contributed by atoms with Crippen molar-refractivity contribution in [3.05, 3.63) is 46.5 Å².